The quantitative estimate of drug-likeness (QED) is 0.899. The smallest absolute Gasteiger partial charge is 0.335 e. The Kier molecular flexibility index (Phi) is 4.07. The van der Waals surface area contributed by atoms with Crippen molar-refractivity contribution in [3.05, 3.63) is 52.8 Å². The van der Waals surface area contributed by atoms with E-state index in [-0.39, 0.29) is 17.5 Å². The van der Waals surface area contributed by atoms with Gasteiger partial charge in [-0.15, -0.1) is 0 Å². The number of rotatable bonds is 4. The van der Waals surface area contributed by atoms with Crippen molar-refractivity contribution >= 4 is 11.9 Å². The molecule has 6 heteroatoms. The largest absolute Gasteiger partial charge is 0.478 e. The highest BCUT2D eigenvalue weighted by Gasteiger charge is 2.16. The number of hydrogen-bond acceptors (Lipinski definition) is 3. The normalized spacial score (nSPS) is 12.0. The highest BCUT2D eigenvalue weighted by atomic mass is 16.4. The number of benzene rings is 1. The molecule has 0 aliphatic heterocycles. The van der Waals surface area contributed by atoms with E-state index in [0.717, 1.165) is 11.3 Å². The van der Waals surface area contributed by atoms with E-state index in [0.29, 0.717) is 5.56 Å². The van der Waals surface area contributed by atoms with Gasteiger partial charge < -0.3 is 10.4 Å². The van der Waals surface area contributed by atoms with Gasteiger partial charge in [-0.3, -0.25) is 9.48 Å². The molecule has 0 fully saturated rings. The molecule has 2 N–H and O–H groups in total. The molecule has 0 spiro atoms. The van der Waals surface area contributed by atoms with Crippen LogP contribution in [0.15, 0.2) is 30.5 Å². The number of carbonyl (C=O) groups is 2. The maximum atomic E-state index is 12.2. The minimum absolute atomic E-state index is 0.0906. The summed E-state index contributed by atoms with van der Waals surface area (Å²) in [7, 11) is 1.84. The second kappa shape index (κ2) is 5.78. The van der Waals surface area contributed by atoms with Crippen LogP contribution in [0.3, 0.4) is 0 Å². The number of hydrogen-bond donors (Lipinski definition) is 2. The molecule has 0 saturated heterocycles. The minimum Gasteiger partial charge on any atom is -0.478 e. The first kappa shape index (κ1) is 14.8. The maximum absolute atomic E-state index is 12.2. The van der Waals surface area contributed by atoms with Crippen LogP contribution >= 0.6 is 0 Å². The first-order chi connectivity index (χ1) is 9.90. The number of amides is 1. The lowest BCUT2D eigenvalue weighted by atomic mass is 10.1. The number of carbonyl (C=O) groups excluding carboxylic acids is 1. The third-order valence-corrected chi connectivity index (χ3v) is 3.46. The summed E-state index contributed by atoms with van der Waals surface area (Å²) in [6.07, 6.45) is 1.72. The van der Waals surface area contributed by atoms with Crippen molar-refractivity contribution in [3.63, 3.8) is 0 Å². The highest BCUT2D eigenvalue weighted by molar-refractivity contribution is 5.97. The van der Waals surface area contributed by atoms with Gasteiger partial charge in [-0.05, 0) is 32.0 Å². The molecule has 1 heterocycles. The van der Waals surface area contributed by atoms with Crippen LogP contribution in [0.5, 0.6) is 0 Å². The first-order valence-electron chi connectivity index (χ1n) is 6.53. The topological polar surface area (TPSA) is 84.2 Å². The molecule has 1 aromatic carbocycles. The lowest BCUT2D eigenvalue weighted by Crippen LogP contribution is -2.27. The molecule has 21 heavy (non-hydrogen) atoms. The van der Waals surface area contributed by atoms with Crippen LogP contribution < -0.4 is 5.32 Å². The van der Waals surface area contributed by atoms with E-state index in [4.69, 9.17) is 5.11 Å². The van der Waals surface area contributed by atoms with Gasteiger partial charge in [-0.2, -0.15) is 5.10 Å². The van der Waals surface area contributed by atoms with Gasteiger partial charge in [0.25, 0.3) is 5.91 Å². The van der Waals surface area contributed by atoms with Gasteiger partial charge in [-0.25, -0.2) is 4.79 Å². The van der Waals surface area contributed by atoms with Gasteiger partial charge in [0.1, 0.15) is 0 Å². The Bertz CT molecular complexity index is 691. The van der Waals surface area contributed by atoms with Crippen molar-refractivity contribution in [3.8, 4) is 0 Å². The number of aryl methyl sites for hydroxylation is 1. The maximum Gasteiger partial charge on any atom is 0.335 e. The minimum atomic E-state index is -1.05. The van der Waals surface area contributed by atoms with Gasteiger partial charge in [0, 0.05) is 23.9 Å². The van der Waals surface area contributed by atoms with E-state index in [1.807, 2.05) is 20.9 Å². The summed E-state index contributed by atoms with van der Waals surface area (Å²) < 4.78 is 1.74. The van der Waals surface area contributed by atoms with E-state index < -0.39 is 5.97 Å². The zero-order valence-electron chi connectivity index (χ0n) is 12.1. The average molecular weight is 287 g/mol. The van der Waals surface area contributed by atoms with Gasteiger partial charge >= 0.3 is 5.97 Å². The molecule has 2 aromatic rings. The molecular weight excluding hydrogens is 270 g/mol. The second-order valence-corrected chi connectivity index (χ2v) is 4.89. The predicted octanol–water partition coefficient (Wildman–Crippen LogP) is 1.92. The summed E-state index contributed by atoms with van der Waals surface area (Å²) in [5.41, 5.74) is 2.32. The molecule has 1 amide bonds. The van der Waals surface area contributed by atoms with E-state index >= 15 is 0 Å². The average Bonchev–Trinajstić information content (AvgIpc) is 2.79. The van der Waals surface area contributed by atoms with Crippen LogP contribution in [0.25, 0.3) is 0 Å². The number of nitrogens with one attached hydrogen (secondary N) is 1. The molecule has 1 atom stereocenters. The Labute approximate surface area is 122 Å². The third-order valence-electron chi connectivity index (χ3n) is 3.46. The van der Waals surface area contributed by atoms with Crippen molar-refractivity contribution in [2.24, 2.45) is 7.05 Å². The summed E-state index contributed by atoms with van der Waals surface area (Å²) in [4.78, 5) is 23.1. The fourth-order valence-corrected chi connectivity index (χ4v) is 2.09. The summed E-state index contributed by atoms with van der Waals surface area (Å²) in [5.74, 6) is -1.37. The monoisotopic (exact) mass is 287 g/mol. The van der Waals surface area contributed by atoms with Crippen LogP contribution in [0.4, 0.5) is 0 Å². The molecule has 6 nitrogen and oxygen atoms in total. The molecule has 0 radical (unpaired) electrons. The van der Waals surface area contributed by atoms with Gasteiger partial charge in [0.05, 0.1) is 17.8 Å². The SMILES string of the molecule is Cc1c(C(C)NC(=O)c2cccc(C(=O)O)c2)cnn1C. The summed E-state index contributed by atoms with van der Waals surface area (Å²) in [6.45, 7) is 3.79. The molecule has 0 bridgehead atoms. The van der Waals surface area contributed by atoms with Crippen LogP contribution in [0.2, 0.25) is 0 Å². The zero-order chi connectivity index (χ0) is 15.6. The molecule has 110 valence electrons. The van der Waals surface area contributed by atoms with E-state index in [1.54, 1.807) is 23.0 Å². The van der Waals surface area contributed by atoms with Crippen molar-refractivity contribution in [2.45, 2.75) is 19.9 Å². The first-order valence-corrected chi connectivity index (χ1v) is 6.53. The summed E-state index contributed by atoms with van der Waals surface area (Å²) in [5, 5.41) is 15.9. The number of nitrogens with zero attached hydrogens (tertiary/aromatic N) is 2. The molecule has 0 aliphatic rings. The molecule has 0 aliphatic carbocycles. The van der Waals surface area contributed by atoms with Gasteiger partial charge in [0.15, 0.2) is 0 Å². The second-order valence-electron chi connectivity index (χ2n) is 4.89. The Morgan fingerprint density at radius 1 is 1.33 bits per heavy atom. The van der Waals surface area contributed by atoms with Gasteiger partial charge in [0.2, 0.25) is 0 Å². The number of aromatic carboxylic acids is 1. The van der Waals surface area contributed by atoms with E-state index in [2.05, 4.69) is 10.4 Å². The molecular formula is C15H17N3O3. The predicted molar refractivity (Wildman–Crippen MR) is 77.2 cm³/mol. The van der Waals surface area contributed by atoms with Crippen molar-refractivity contribution in [1.82, 2.24) is 15.1 Å². The Balaban J connectivity index is 2.16. The lowest BCUT2D eigenvalue weighted by Gasteiger charge is -2.14. The number of carboxylic acids is 1. The van der Waals surface area contributed by atoms with E-state index in [9.17, 15) is 9.59 Å². The number of aromatic nitrogens is 2. The van der Waals surface area contributed by atoms with Crippen LogP contribution in [-0.4, -0.2) is 26.8 Å². The highest BCUT2D eigenvalue weighted by Crippen LogP contribution is 2.17. The Morgan fingerprint density at radius 3 is 2.57 bits per heavy atom. The number of carboxylic acid groups (broad SMARTS) is 1. The molecule has 1 unspecified atom stereocenters. The summed E-state index contributed by atoms with van der Waals surface area (Å²) >= 11 is 0. The van der Waals surface area contributed by atoms with Crippen molar-refractivity contribution in [2.75, 3.05) is 0 Å². The van der Waals surface area contributed by atoms with Gasteiger partial charge in [-0.1, -0.05) is 6.07 Å². The van der Waals surface area contributed by atoms with Crippen LogP contribution in [0.1, 0.15) is 44.9 Å². The zero-order valence-corrected chi connectivity index (χ0v) is 12.1. The Hall–Kier alpha value is -2.63. The van der Waals surface area contributed by atoms with Crippen molar-refractivity contribution in [1.29, 1.82) is 0 Å². The van der Waals surface area contributed by atoms with E-state index in [1.165, 1.54) is 12.1 Å². The Morgan fingerprint density at radius 2 is 2.00 bits per heavy atom. The van der Waals surface area contributed by atoms with Crippen LogP contribution in [-0.2, 0) is 7.05 Å². The third kappa shape index (κ3) is 3.10. The molecule has 0 saturated carbocycles. The molecule has 1 aromatic heterocycles. The fraction of sp³-hybridized carbons (Fsp3) is 0.267. The summed E-state index contributed by atoms with van der Waals surface area (Å²) in [6, 6.07) is 5.75. The fourth-order valence-electron chi connectivity index (χ4n) is 2.09. The van der Waals surface area contributed by atoms with Crippen molar-refractivity contribution < 1.29 is 14.7 Å². The molecule has 2 rings (SSSR count). The standard InChI is InChI=1S/C15H17N3O3/c1-9(13-8-16-18(3)10(13)2)17-14(19)11-5-4-6-12(7-11)15(20)21/h4-9H,1-3H3,(H,17,19)(H,20,21). The van der Waals surface area contributed by atoms with Crippen LogP contribution in [0, 0.1) is 6.92 Å². The lowest BCUT2D eigenvalue weighted by molar-refractivity contribution is 0.0697.